The van der Waals surface area contributed by atoms with Crippen molar-refractivity contribution in [1.29, 1.82) is 0 Å². The minimum Gasteiger partial charge on any atom is -0.346 e. The van der Waals surface area contributed by atoms with Crippen molar-refractivity contribution in [2.45, 2.75) is 34.6 Å². The number of nitrogens with one attached hydrogen (secondary N) is 2. The van der Waals surface area contributed by atoms with Crippen LogP contribution in [-0.4, -0.2) is 66.8 Å². The molecule has 1 fully saturated rings. The first-order valence-corrected chi connectivity index (χ1v) is 9.83. The van der Waals surface area contributed by atoms with Gasteiger partial charge in [0.1, 0.15) is 0 Å². The van der Waals surface area contributed by atoms with Crippen LogP contribution < -0.4 is 10.6 Å². The summed E-state index contributed by atoms with van der Waals surface area (Å²) in [7, 11) is 0. The molecule has 1 saturated heterocycles. The molecular formula is C21H32N4O3. The van der Waals surface area contributed by atoms with E-state index >= 15 is 0 Å². The fraction of sp³-hybridized carbons (Fsp3) is 0.571. The predicted octanol–water partition coefficient (Wildman–Crippen LogP) is 1.47. The molecule has 1 aromatic carbocycles. The first-order chi connectivity index (χ1) is 13.2. The summed E-state index contributed by atoms with van der Waals surface area (Å²) in [5.74, 6) is -0.275. The van der Waals surface area contributed by atoms with E-state index in [0.29, 0.717) is 26.2 Å². The maximum atomic E-state index is 12.2. The van der Waals surface area contributed by atoms with Gasteiger partial charge >= 0.3 is 0 Å². The molecule has 0 radical (unpaired) electrons. The molecule has 28 heavy (non-hydrogen) atoms. The zero-order valence-corrected chi connectivity index (χ0v) is 17.6. The van der Waals surface area contributed by atoms with Crippen LogP contribution in [0.1, 0.15) is 30.5 Å². The normalized spacial score (nSPS) is 14.9. The van der Waals surface area contributed by atoms with Gasteiger partial charge in [0, 0.05) is 37.8 Å². The molecule has 0 saturated carbocycles. The Kier molecular flexibility index (Phi) is 7.57. The SMILES string of the molecule is Cc1cc(C)c(NC(=O)CNC(=O)CN2CCN(C(=O)C(C)C)CC2)c(C)c1. The molecule has 0 unspecified atom stereocenters. The van der Waals surface area contributed by atoms with Crippen LogP contribution in [0.3, 0.4) is 0 Å². The Bertz CT molecular complexity index is 714. The zero-order chi connectivity index (χ0) is 20.8. The van der Waals surface area contributed by atoms with Gasteiger partial charge in [0.2, 0.25) is 17.7 Å². The van der Waals surface area contributed by atoms with Crippen LogP contribution in [0.2, 0.25) is 0 Å². The summed E-state index contributed by atoms with van der Waals surface area (Å²) in [5.41, 5.74) is 3.96. The largest absolute Gasteiger partial charge is 0.346 e. The highest BCUT2D eigenvalue weighted by Gasteiger charge is 2.23. The maximum Gasteiger partial charge on any atom is 0.243 e. The molecule has 0 aliphatic carbocycles. The fourth-order valence-corrected chi connectivity index (χ4v) is 3.49. The molecule has 7 heteroatoms. The van der Waals surface area contributed by atoms with E-state index < -0.39 is 0 Å². The third-order valence-electron chi connectivity index (χ3n) is 4.93. The Hall–Kier alpha value is -2.41. The molecule has 7 nitrogen and oxygen atoms in total. The molecule has 1 aliphatic rings. The van der Waals surface area contributed by atoms with E-state index in [9.17, 15) is 14.4 Å². The molecule has 1 aromatic rings. The van der Waals surface area contributed by atoms with E-state index in [1.165, 1.54) is 0 Å². The maximum absolute atomic E-state index is 12.2. The van der Waals surface area contributed by atoms with Crippen molar-refractivity contribution in [2.24, 2.45) is 5.92 Å². The van der Waals surface area contributed by atoms with Gasteiger partial charge in [-0.05, 0) is 31.9 Å². The number of carbonyl (C=O) groups is 3. The second kappa shape index (κ2) is 9.68. The number of nitrogens with zero attached hydrogens (tertiary/aromatic N) is 2. The molecule has 0 atom stereocenters. The van der Waals surface area contributed by atoms with Crippen molar-refractivity contribution in [3.8, 4) is 0 Å². The standard InChI is InChI=1S/C21H32N4O3/c1-14(2)21(28)25-8-6-24(7-9-25)13-19(27)22-12-18(26)23-20-16(4)10-15(3)11-17(20)5/h10-11,14H,6-9,12-13H2,1-5H3,(H,22,27)(H,23,26). The van der Waals surface area contributed by atoms with Crippen LogP contribution in [0.4, 0.5) is 5.69 Å². The quantitative estimate of drug-likeness (QED) is 0.773. The van der Waals surface area contributed by atoms with Crippen molar-refractivity contribution in [3.05, 3.63) is 28.8 Å². The second-order valence-corrected chi connectivity index (χ2v) is 7.85. The van der Waals surface area contributed by atoms with Crippen LogP contribution in [0.5, 0.6) is 0 Å². The van der Waals surface area contributed by atoms with Gasteiger partial charge in [-0.3, -0.25) is 19.3 Å². The summed E-state index contributed by atoms with van der Waals surface area (Å²) in [6.07, 6.45) is 0. The Balaban J connectivity index is 1.74. The topological polar surface area (TPSA) is 81.8 Å². The lowest BCUT2D eigenvalue weighted by Crippen LogP contribution is -2.52. The minimum absolute atomic E-state index is 0.00540. The lowest BCUT2D eigenvalue weighted by atomic mass is 10.1. The second-order valence-electron chi connectivity index (χ2n) is 7.85. The zero-order valence-electron chi connectivity index (χ0n) is 17.6. The van der Waals surface area contributed by atoms with Gasteiger partial charge in [0.05, 0.1) is 13.1 Å². The molecule has 154 valence electrons. The number of anilines is 1. The van der Waals surface area contributed by atoms with Crippen molar-refractivity contribution in [2.75, 3.05) is 44.6 Å². The Morgan fingerprint density at radius 3 is 2.07 bits per heavy atom. The molecule has 2 rings (SSSR count). The summed E-state index contributed by atoms with van der Waals surface area (Å²) in [5, 5.41) is 5.56. The van der Waals surface area contributed by atoms with Gasteiger partial charge < -0.3 is 15.5 Å². The highest BCUT2D eigenvalue weighted by Crippen LogP contribution is 2.21. The average Bonchev–Trinajstić information content (AvgIpc) is 2.63. The van der Waals surface area contributed by atoms with Crippen LogP contribution in [0.25, 0.3) is 0 Å². The van der Waals surface area contributed by atoms with E-state index in [1.807, 2.05) is 56.6 Å². The van der Waals surface area contributed by atoms with Gasteiger partial charge in [0.15, 0.2) is 0 Å². The number of hydrogen-bond donors (Lipinski definition) is 2. The Morgan fingerprint density at radius 1 is 0.964 bits per heavy atom. The minimum atomic E-state index is -0.240. The summed E-state index contributed by atoms with van der Waals surface area (Å²) < 4.78 is 0. The van der Waals surface area contributed by atoms with Crippen LogP contribution in [0.15, 0.2) is 12.1 Å². The van der Waals surface area contributed by atoms with E-state index in [2.05, 4.69) is 10.6 Å². The number of rotatable bonds is 6. The number of benzene rings is 1. The van der Waals surface area contributed by atoms with Gasteiger partial charge in [-0.15, -0.1) is 0 Å². The number of piperazine rings is 1. The summed E-state index contributed by atoms with van der Waals surface area (Å²) >= 11 is 0. The van der Waals surface area contributed by atoms with Crippen molar-refractivity contribution in [3.63, 3.8) is 0 Å². The van der Waals surface area contributed by atoms with E-state index in [-0.39, 0.29) is 36.7 Å². The fourth-order valence-electron chi connectivity index (χ4n) is 3.49. The first-order valence-electron chi connectivity index (χ1n) is 9.83. The molecule has 2 N–H and O–H groups in total. The number of amides is 3. The number of hydrogen-bond acceptors (Lipinski definition) is 4. The third-order valence-corrected chi connectivity index (χ3v) is 4.93. The average molecular weight is 389 g/mol. The van der Waals surface area contributed by atoms with Gasteiger partial charge in [0.25, 0.3) is 0 Å². The Labute approximate surface area is 167 Å². The van der Waals surface area contributed by atoms with Crippen LogP contribution in [0, 0.1) is 26.7 Å². The van der Waals surface area contributed by atoms with Crippen LogP contribution >= 0.6 is 0 Å². The molecule has 0 spiro atoms. The van der Waals surface area contributed by atoms with Crippen LogP contribution in [-0.2, 0) is 14.4 Å². The summed E-state index contributed by atoms with van der Waals surface area (Å²) in [4.78, 5) is 40.2. The van der Waals surface area contributed by atoms with E-state index in [1.54, 1.807) is 0 Å². The lowest BCUT2D eigenvalue weighted by molar-refractivity contribution is -0.136. The van der Waals surface area contributed by atoms with Gasteiger partial charge in [-0.25, -0.2) is 0 Å². The third kappa shape index (κ3) is 6.05. The molecule has 1 aliphatic heterocycles. The highest BCUT2D eigenvalue weighted by atomic mass is 16.2. The molecule has 0 aromatic heterocycles. The first kappa shape index (κ1) is 21.9. The monoisotopic (exact) mass is 388 g/mol. The smallest absolute Gasteiger partial charge is 0.243 e. The molecule has 0 bridgehead atoms. The number of carbonyl (C=O) groups excluding carboxylic acids is 3. The molecule has 1 heterocycles. The van der Waals surface area contributed by atoms with Gasteiger partial charge in [-0.1, -0.05) is 31.5 Å². The van der Waals surface area contributed by atoms with Crippen molar-refractivity contribution >= 4 is 23.4 Å². The molecule has 3 amide bonds. The lowest BCUT2D eigenvalue weighted by Gasteiger charge is -2.35. The summed E-state index contributed by atoms with van der Waals surface area (Å²) in [6.45, 7) is 12.5. The Morgan fingerprint density at radius 2 is 1.54 bits per heavy atom. The summed E-state index contributed by atoms with van der Waals surface area (Å²) in [6, 6.07) is 4.04. The van der Waals surface area contributed by atoms with E-state index in [4.69, 9.17) is 0 Å². The van der Waals surface area contributed by atoms with E-state index in [0.717, 1.165) is 22.4 Å². The molecular weight excluding hydrogens is 356 g/mol. The highest BCUT2D eigenvalue weighted by molar-refractivity contribution is 5.96. The predicted molar refractivity (Wildman–Crippen MR) is 110 cm³/mol. The van der Waals surface area contributed by atoms with Crippen molar-refractivity contribution in [1.82, 2.24) is 15.1 Å². The van der Waals surface area contributed by atoms with Crippen molar-refractivity contribution < 1.29 is 14.4 Å². The number of aryl methyl sites for hydroxylation is 3. The van der Waals surface area contributed by atoms with Gasteiger partial charge in [-0.2, -0.15) is 0 Å².